The van der Waals surface area contributed by atoms with Crippen LogP contribution in [0.5, 0.6) is 0 Å². The predicted octanol–water partition coefficient (Wildman–Crippen LogP) is 2.25. The van der Waals surface area contributed by atoms with Gasteiger partial charge < -0.3 is 5.32 Å². The molecule has 0 spiro atoms. The number of nitrogens with one attached hydrogen (secondary N) is 2. The second kappa shape index (κ2) is 5.47. The Bertz CT molecular complexity index is 543. The number of hydrogen-bond donors (Lipinski definition) is 2. The van der Waals surface area contributed by atoms with Crippen molar-refractivity contribution >= 4 is 5.91 Å². The molecule has 0 saturated carbocycles. The van der Waals surface area contributed by atoms with E-state index in [2.05, 4.69) is 34.9 Å². The van der Waals surface area contributed by atoms with Crippen molar-refractivity contribution in [3.8, 4) is 0 Å². The van der Waals surface area contributed by atoms with E-state index in [1.807, 2.05) is 43.3 Å². The average Bonchev–Trinajstić information content (AvgIpc) is 2.50. The molecule has 20 heavy (non-hydrogen) atoms. The van der Waals surface area contributed by atoms with Gasteiger partial charge in [0.1, 0.15) is 6.04 Å². The summed E-state index contributed by atoms with van der Waals surface area (Å²) < 4.78 is 0. The van der Waals surface area contributed by atoms with Gasteiger partial charge in [0.25, 0.3) is 0 Å². The molecule has 3 nitrogen and oxygen atoms in total. The Labute approximate surface area is 119 Å². The first-order chi connectivity index (χ1) is 9.75. The molecule has 1 saturated heterocycles. The fraction of sp³-hybridized carbons (Fsp3) is 0.235. The van der Waals surface area contributed by atoms with Gasteiger partial charge in [0.05, 0.1) is 12.1 Å². The van der Waals surface area contributed by atoms with Gasteiger partial charge in [-0.2, -0.15) is 0 Å². The summed E-state index contributed by atoms with van der Waals surface area (Å²) in [7, 11) is 0. The summed E-state index contributed by atoms with van der Waals surface area (Å²) in [6, 6.07) is 20.6. The van der Waals surface area contributed by atoms with Gasteiger partial charge >= 0.3 is 0 Å². The quantitative estimate of drug-likeness (QED) is 0.833. The number of carbonyl (C=O) groups is 1. The molecule has 2 atom stereocenters. The first-order valence-electron chi connectivity index (χ1n) is 6.92. The Hall–Kier alpha value is -2.13. The molecule has 2 N–H and O–H groups in total. The predicted molar refractivity (Wildman–Crippen MR) is 79.3 cm³/mol. The highest BCUT2D eigenvalue weighted by Gasteiger charge is 2.37. The van der Waals surface area contributed by atoms with Gasteiger partial charge in [-0.25, -0.2) is 0 Å². The maximum atomic E-state index is 11.7. The Morgan fingerprint density at radius 2 is 1.45 bits per heavy atom. The van der Waals surface area contributed by atoms with E-state index in [0.29, 0.717) is 0 Å². The molecule has 0 unspecified atom stereocenters. The molecule has 0 radical (unpaired) electrons. The second-order valence-corrected chi connectivity index (χ2v) is 5.20. The fourth-order valence-electron chi connectivity index (χ4n) is 2.60. The van der Waals surface area contributed by atoms with Crippen LogP contribution in [0.25, 0.3) is 0 Å². The first-order valence-corrected chi connectivity index (χ1v) is 6.92. The van der Waals surface area contributed by atoms with Gasteiger partial charge in [-0.05, 0) is 18.1 Å². The minimum Gasteiger partial charge on any atom is -0.350 e. The molecular weight excluding hydrogens is 248 g/mol. The Balaban J connectivity index is 1.90. The monoisotopic (exact) mass is 266 g/mol. The summed E-state index contributed by atoms with van der Waals surface area (Å²) in [6.45, 7) is 2.02. The summed E-state index contributed by atoms with van der Waals surface area (Å²) >= 11 is 0. The highest BCUT2D eigenvalue weighted by Crippen LogP contribution is 2.24. The highest BCUT2D eigenvalue weighted by molar-refractivity contribution is 5.89. The van der Waals surface area contributed by atoms with E-state index >= 15 is 0 Å². The van der Waals surface area contributed by atoms with E-state index in [-0.39, 0.29) is 24.0 Å². The van der Waals surface area contributed by atoms with Crippen LogP contribution in [0.15, 0.2) is 60.7 Å². The maximum absolute atomic E-state index is 11.7. The number of benzene rings is 2. The van der Waals surface area contributed by atoms with Crippen molar-refractivity contribution < 1.29 is 4.79 Å². The minimum absolute atomic E-state index is 0.0379. The van der Waals surface area contributed by atoms with Gasteiger partial charge in [0, 0.05) is 0 Å². The molecular formula is C17H18N2O. The lowest BCUT2D eigenvalue weighted by molar-refractivity contribution is -0.131. The lowest BCUT2D eigenvalue weighted by atomic mass is 9.94. The van der Waals surface area contributed by atoms with E-state index in [4.69, 9.17) is 0 Å². The van der Waals surface area contributed by atoms with Crippen molar-refractivity contribution in [3.05, 3.63) is 71.8 Å². The number of rotatable bonds is 4. The van der Waals surface area contributed by atoms with Gasteiger partial charge in [0.2, 0.25) is 5.91 Å². The SMILES string of the molecule is C[C@@H]1NC(=O)[C@H]1NC(c1ccccc1)c1ccccc1. The topological polar surface area (TPSA) is 41.1 Å². The normalized spacial score (nSPS) is 21.4. The van der Waals surface area contributed by atoms with Crippen molar-refractivity contribution in [3.63, 3.8) is 0 Å². The fourth-order valence-corrected chi connectivity index (χ4v) is 2.60. The second-order valence-electron chi connectivity index (χ2n) is 5.20. The molecule has 1 amide bonds. The number of carbonyl (C=O) groups excluding carboxylic acids is 1. The van der Waals surface area contributed by atoms with Gasteiger partial charge in [-0.1, -0.05) is 60.7 Å². The number of β-lactam (4-membered cyclic amide) rings is 1. The standard InChI is InChI=1S/C17H18N2O/c1-12-15(17(20)18-12)19-16(13-8-4-2-5-9-13)14-10-6-3-7-11-14/h2-12,15-16,19H,1H3,(H,18,20)/t12-,15-/m0/s1. The minimum atomic E-state index is -0.125. The summed E-state index contributed by atoms with van der Waals surface area (Å²) in [5.41, 5.74) is 2.34. The van der Waals surface area contributed by atoms with Crippen LogP contribution >= 0.6 is 0 Å². The molecule has 0 aromatic heterocycles. The molecule has 102 valence electrons. The first kappa shape index (κ1) is 12.9. The molecule has 1 fully saturated rings. The smallest absolute Gasteiger partial charge is 0.239 e. The Morgan fingerprint density at radius 3 is 1.85 bits per heavy atom. The molecule has 1 aliphatic heterocycles. The summed E-state index contributed by atoms with van der Waals surface area (Å²) in [5, 5.41) is 6.34. The van der Waals surface area contributed by atoms with Gasteiger partial charge in [0.15, 0.2) is 0 Å². The van der Waals surface area contributed by atoms with Crippen molar-refractivity contribution in [1.82, 2.24) is 10.6 Å². The zero-order valence-corrected chi connectivity index (χ0v) is 11.4. The van der Waals surface area contributed by atoms with Crippen molar-refractivity contribution in [2.24, 2.45) is 0 Å². The Morgan fingerprint density at radius 1 is 0.950 bits per heavy atom. The maximum Gasteiger partial charge on any atom is 0.239 e. The zero-order valence-electron chi connectivity index (χ0n) is 11.4. The van der Waals surface area contributed by atoms with E-state index < -0.39 is 0 Å². The van der Waals surface area contributed by atoms with Crippen LogP contribution in [0.1, 0.15) is 24.1 Å². The third kappa shape index (κ3) is 2.45. The summed E-state index contributed by atoms with van der Waals surface area (Å²) in [4.78, 5) is 11.7. The number of amides is 1. The number of hydrogen-bond acceptors (Lipinski definition) is 2. The zero-order chi connectivity index (χ0) is 13.9. The van der Waals surface area contributed by atoms with Crippen molar-refractivity contribution in [2.75, 3.05) is 0 Å². The van der Waals surface area contributed by atoms with Crippen LogP contribution in [0, 0.1) is 0 Å². The van der Waals surface area contributed by atoms with E-state index in [1.165, 1.54) is 11.1 Å². The van der Waals surface area contributed by atoms with Crippen LogP contribution < -0.4 is 10.6 Å². The van der Waals surface area contributed by atoms with Crippen LogP contribution in [-0.2, 0) is 4.79 Å². The molecule has 2 aromatic carbocycles. The van der Waals surface area contributed by atoms with Crippen molar-refractivity contribution in [1.29, 1.82) is 0 Å². The Kier molecular flexibility index (Phi) is 3.52. The third-order valence-corrected chi connectivity index (χ3v) is 3.76. The van der Waals surface area contributed by atoms with Crippen LogP contribution in [0.2, 0.25) is 0 Å². The molecule has 1 aliphatic rings. The van der Waals surface area contributed by atoms with Gasteiger partial charge in [-0.3, -0.25) is 10.1 Å². The average molecular weight is 266 g/mol. The van der Waals surface area contributed by atoms with Crippen LogP contribution in [-0.4, -0.2) is 18.0 Å². The van der Waals surface area contributed by atoms with Crippen LogP contribution in [0.4, 0.5) is 0 Å². The van der Waals surface area contributed by atoms with Crippen LogP contribution in [0.3, 0.4) is 0 Å². The third-order valence-electron chi connectivity index (χ3n) is 3.76. The molecule has 3 rings (SSSR count). The van der Waals surface area contributed by atoms with E-state index in [9.17, 15) is 4.79 Å². The molecule has 1 heterocycles. The highest BCUT2D eigenvalue weighted by atomic mass is 16.2. The lowest BCUT2D eigenvalue weighted by Gasteiger charge is -2.37. The van der Waals surface area contributed by atoms with Gasteiger partial charge in [-0.15, -0.1) is 0 Å². The largest absolute Gasteiger partial charge is 0.350 e. The summed E-state index contributed by atoms with van der Waals surface area (Å²) in [6.07, 6.45) is 0. The van der Waals surface area contributed by atoms with E-state index in [0.717, 1.165) is 0 Å². The lowest BCUT2D eigenvalue weighted by Crippen LogP contribution is -2.67. The van der Waals surface area contributed by atoms with E-state index in [1.54, 1.807) is 0 Å². The summed E-state index contributed by atoms with van der Waals surface area (Å²) in [5.74, 6) is 0.0781. The molecule has 0 aliphatic carbocycles. The molecule has 3 heteroatoms. The molecule has 2 aromatic rings. The molecule has 0 bridgehead atoms. The van der Waals surface area contributed by atoms with Crippen molar-refractivity contribution in [2.45, 2.75) is 25.0 Å².